The molecule has 0 spiro atoms. The van der Waals surface area contributed by atoms with Gasteiger partial charge in [0.15, 0.2) is 5.13 Å². The molecular weight excluding hydrogens is 348 g/mol. The van der Waals surface area contributed by atoms with Crippen LogP contribution in [0.1, 0.15) is 40.7 Å². The quantitative estimate of drug-likeness (QED) is 0.845. The third kappa shape index (κ3) is 4.40. The molecule has 0 radical (unpaired) electrons. The average Bonchev–Trinajstić information content (AvgIpc) is 2.95. The summed E-state index contributed by atoms with van der Waals surface area (Å²) in [4.78, 5) is 31.7. The SMILES string of the molecule is Cc1cccc(NC(=O)Nc2nc(C)c(C(=O)N3CCC(C)CC3)s2)c1. The van der Waals surface area contributed by atoms with Gasteiger partial charge in [-0.25, -0.2) is 9.78 Å². The summed E-state index contributed by atoms with van der Waals surface area (Å²) in [6.45, 7) is 7.56. The number of benzene rings is 1. The van der Waals surface area contributed by atoms with Crippen molar-refractivity contribution in [2.45, 2.75) is 33.6 Å². The predicted molar refractivity (Wildman–Crippen MR) is 105 cm³/mol. The molecule has 0 unspecified atom stereocenters. The van der Waals surface area contributed by atoms with Gasteiger partial charge in [0.25, 0.3) is 5.91 Å². The first-order valence-corrected chi connectivity index (χ1v) is 9.65. The molecule has 0 bridgehead atoms. The van der Waals surface area contributed by atoms with E-state index in [1.54, 1.807) is 6.92 Å². The summed E-state index contributed by atoms with van der Waals surface area (Å²) in [7, 11) is 0. The second-order valence-electron chi connectivity index (χ2n) is 6.86. The number of amides is 3. The summed E-state index contributed by atoms with van der Waals surface area (Å²) < 4.78 is 0. The van der Waals surface area contributed by atoms with Gasteiger partial charge in [-0.05, 0) is 50.3 Å². The molecule has 1 saturated heterocycles. The number of nitrogens with one attached hydrogen (secondary N) is 2. The predicted octanol–water partition coefficient (Wildman–Crippen LogP) is 4.28. The summed E-state index contributed by atoms with van der Waals surface area (Å²) in [6.07, 6.45) is 2.07. The van der Waals surface area contributed by atoms with Crippen molar-refractivity contribution < 1.29 is 9.59 Å². The van der Waals surface area contributed by atoms with E-state index in [-0.39, 0.29) is 11.9 Å². The van der Waals surface area contributed by atoms with E-state index < -0.39 is 0 Å². The van der Waals surface area contributed by atoms with Crippen molar-refractivity contribution in [3.63, 3.8) is 0 Å². The minimum absolute atomic E-state index is 0.0130. The molecular formula is C19H24N4O2S. The van der Waals surface area contributed by atoms with Crippen LogP contribution in [0, 0.1) is 19.8 Å². The number of aromatic nitrogens is 1. The summed E-state index contributed by atoms with van der Waals surface area (Å²) in [5.41, 5.74) is 2.44. The maximum absolute atomic E-state index is 12.7. The number of aryl methyl sites for hydroxylation is 2. The first kappa shape index (κ1) is 18.4. The molecule has 3 amide bonds. The van der Waals surface area contributed by atoms with Crippen molar-refractivity contribution in [1.29, 1.82) is 0 Å². The highest BCUT2D eigenvalue weighted by molar-refractivity contribution is 7.17. The molecule has 6 nitrogen and oxygen atoms in total. The molecule has 1 fully saturated rings. The number of anilines is 2. The first-order chi connectivity index (χ1) is 12.4. The van der Waals surface area contributed by atoms with Crippen molar-refractivity contribution in [3.05, 3.63) is 40.4 Å². The van der Waals surface area contributed by atoms with Crippen molar-refractivity contribution in [2.24, 2.45) is 5.92 Å². The molecule has 26 heavy (non-hydrogen) atoms. The minimum atomic E-state index is -0.366. The van der Waals surface area contributed by atoms with Crippen molar-refractivity contribution in [1.82, 2.24) is 9.88 Å². The Hall–Kier alpha value is -2.41. The van der Waals surface area contributed by atoms with Crippen LogP contribution < -0.4 is 10.6 Å². The Bertz CT molecular complexity index is 810. The van der Waals surface area contributed by atoms with E-state index in [2.05, 4.69) is 22.5 Å². The van der Waals surface area contributed by atoms with E-state index >= 15 is 0 Å². The van der Waals surface area contributed by atoms with Gasteiger partial charge in [0.1, 0.15) is 4.88 Å². The number of piperidine rings is 1. The van der Waals surface area contributed by atoms with Crippen LogP contribution in [-0.2, 0) is 0 Å². The molecule has 1 aliphatic heterocycles. The van der Waals surface area contributed by atoms with Crippen LogP contribution in [0.5, 0.6) is 0 Å². The van der Waals surface area contributed by atoms with Gasteiger partial charge in [-0.3, -0.25) is 10.1 Å². The molecule has 2 N–H and O–H groups in total. The van der Waals surface area contributed by atoms with Crippen LogP contribution in [0.3, 0.4) is 0 Å². The second kappa shape index (κ2) is 7.86. The summed E-state index contributed by atoms with van der Waals surface area (Å²) in [5.74, 6) is 0.684. The monoisotopic (exact) mass is 372 g/mol. The van der Waals surface area contributed by atoms with Gasteiger partial charge in [0.2, 0.25) is 0 Å². The lowest BCUT2D eigenvalue weighted by Gasteiger charge is -2.29. The zero-order valence-corrected chi connectivity index (χ0v) is 16.2. The number of likely N-dealkylation sites (tertiary alicyclic amines) is 1. The van der Waals surface area contributed by atoms with E-state index in [0.717, 1.165) is 37.2 Å². The van der Waals surface area contributed by atoms with Crippen LogP contribution >= 0.6 is 11.3 Å². The Morgan fingerprint density at radius 2 is 1.92 bits per heavy atom. The fourth-order valence-electron chi connectivity index (χ4n) is 2.99. The standard InChI is InChI=1S/C19H24N4O2S/c1-12-7-9-23(10-8-12)17(24)16-14(3)20-19(26-16)22-18(25)21-15-6-4-5-13(2)11-15/h4-6,11-12H,7-10H2,1-3H3,(H2,20,21,22,25). The number of carbonyl (C=O) groups excluding carboxylic acids is 2. The van der Waals surface area contributed by atoms with Crippen LogP contribution in [0.2, 0.25) is 0 Å². The van der Waals surface area contributed by atoms with Gasteiger partial charge in [-0.15, -0.1) is 0 Å². The summed E-state index contributed by atoms with van der Waals surface area (Å²) in [5, 5.41) is 5.93. The lowest BCUT2D eigenvalue weighted by atomic mass is 9.99. The topological polar surface area (TPSA) is 74.3 Å². The van der Waals surface area contributed by atoms with E-state index in [4.69, 9.17) is 0 Å². The smallest absolute Gasteiger partial charge is 0.325 e. The van der Waals surface area contributed by atoms with Gasteiger partial charge < -0.3 is 10.2 Å². The molecule has 1 aliphatic rings. The van der Waals surface area contributed by atoms with E-state index in [1.165, 1.54) is 11.3 Å². The van der Waals surface area contributed by atoms with E-state index in [1.807, 2.05) is 36.1 Å². The summed E-state index contributed by atoms with van der Waals surface area (Å²) >= 11 is 1.23. The lowest BCUT2D eigenvalue weighted by Crippen LogP contribution is -2.37. The number of thiazole rings is 1. The van der Waals surface area contributed by atoms with Crippen molar-refractivity contribution in [3.8, 4) is 0 Å². The lowest BCUT2D eigenvalue weighted by molar-refractivity contribution is 0.0701. The van der Waals surface area contributed by atoms with Gasteiger partial charge in [-0.1, -0.05) is 30.4 Å². The number of carbonyl (C=O) groups is 2. The van der Waals surface area contributed by atoms with Crippen LogP contribution in [0.4, 0.5) is 15.6 Å². The molecule has 0 atom stereocenters. The number of hydrogen-bond donors (Lipinski definition) is 2. The summed E-state index contributed by atoms with van der Waals surface area (Å²) in [6, 6.07) is 7.20. The average molecular weight is 372 g/mol. The Morgan fingerprint density at radius 3 is 2.62 bits per heavy atom. The maximum atomic E-state index is 12.7. The Morgan fingerprint density at radius 1 is 1.19 bits per heavy atom. The fourth-order valence-corrected chi connectivity index (χ4v) is 3.92. The number of urea groups is 1. The van der Waals surface area contributed by atoms with Crippen LogP contribution in [-0.4, -0.2) is 34.9 Å². The zero-order chi connectivity index (χ0) is 18.7. The molecule has 138 valence electrons. The van der Waals surface area contributed by atoms with Crippen molar-refractivity contribution >= 4 is 34.1 Å². The molecule has 2 aromatic rings. The van der Waals surface area contributed by atoms with E-state index in [9.17, 15) is 9.59 Å². The molecule has 1 aromatic heterocycles. The molecule has 1 aromatic carbocycles. The Labute approximate surface area is 157 Å². The van der Waals surface area contributed by atoms with Crippen molar-refractivity contribution in [2.75, 3.05) is 23.7 Å². The van der Waals surface area contributed by atoms with Crippen LogP contribution in [0.15, 0.2) is 24.3 Å². The van der Waals surface area contributed by atoms with Gasteiger partial charge in [-0.2, -0.15) is 0 Å². The Balaban J connectivity index is 1.64. The van der Waals surface area contributed by atoms with E-state index in [0.29, 0.717) is 21.6 Å². The van der Waals surface area contributed by atoms with Gasteiger partial charge >= 0.3 is 6.03 Å². The third-order valence-corrected chi connectivity index (χ3v) is 5.62. The largest absolute Gasteiger partial charge is 0.338 e. The van der Waals surface area contributed by atoms with Gasteiger partial charge in [0, 0.05) is 18.8 Å². The molecule has 0 aliphatic carbocycles. The third-order valence-electron chi connectivity index (χ3n) is 4.56. The van der Waals surface area contributed by atoms with Crippen LogP contribution in [0.25, 0.3) is 0 Å². The highest BCUT2D eigenvalue weighted by Crippen LogP contribution is 2.26. The number of nitrogens with zero attached hydrogens (tertiary/aromatic N) is 2. The molecule has 2 heterocycles. The fraction of sp³-hybridized carbons (Fsp3) is 0.421. The highest BCUT2D eigenvalue weighted by atomic mass is 32.1. The molecule has 7 heteroatoms. The maximum Gasteiger partial charge on any atom is 0.325 e. The first-order valence-electron chi connectivity index (χ1n) is 8.83. The highest BCUT2D eigenvalue weighted by Gasteiger charge is 2.25. The molecule has 0 saturated carbocycles. The normalized spacial score (nSPS) is 15.0. The number of hydrogen-bond acceptors (Lipinski definition) is 4. The second-order valence-corrected chi connectivity index (χ2v) is 7.86. The zero-order valence-electron chi connectivity index (χ0n) is 15.3. The minimum Gasteiger partial charge on any atom is -0.338 e. The molecule has 3 rings (SSSR count). The number of rotatable bonds is 3. The van der Waals surface area contributed by atoms with Gasteiger partial charge in [0.05, 0.1) is 5.69 Å². The Kier molecular flexibility index (Phi) is 5.56.